The van der Waals surface area contributed by atoms with Crippen molar-refractivity contribution in [3.63, 3.8) is 0 Å². The lowest BCUT2D eigenvalue weighted by molar-refractivity contribution is -0.138. The van der Waals surface area contributed by atoms with Gasteiger partial charge in [0.15, 0.2) is 0 Å². The summed E-state index contributed by atoms with van der Waals surface area (Å²) in [5.41, 5.74) is 0. The molecule has 1 amide bonds. The van der Waals surface area contributed by atoms with E-state index in [0.717, 1.165) is 32.1 Å². The molecule has 0 aromatic carbocycles. The van der Waals surface area contributed by atoms with Gasteiger partial charge in [-0.2, -0.15) is 0 Å². The van der Waals surface area contributed by atoms with E-state index in [1.807, 2.05) is 0 Å². The lowest BCUT2D eigenvalue weighted by atomic mass is 9.93. The van der Waals surface area contributed by atoms with E-state index in [9.17, 15) is 15.0 Å². The smallest absolute Gasteiger partial charge is 0.225 e. The maximum absolute atomic E-state index is 12.8. The molecule has 0 rings (SSSR count). The van der Waals surface area contributed by atoms with Crippen LogP contribution in [0.4, 0.5) is 0 Å². The molecule has 0 aliphatic heterocycles. The Morgan fingerprint density at radius 3 is 1.82 bits per heavy atom. The summed E-state index contributed by atoms with van der Waals surface area (Å²) in [5.74, 6) is 0.140. The van der Waals surface area contributed by atoms with Crippen LogP contribution < -0.4 is 0 Å². The van der Waals surface area contributed by atoms with Crippen molar-refractivity contribution in [2.45, 2.75) is 91.3 Å². The molecule has 22 heavy (non-hydrogen) atoms. The molecule has 0 heterocycles. The van der Waals surface area contributed by atoms with E-state index in [-0.39, 0.29) is 11.8 Å². The Hall–Kier alpha value is -0.610. The van der Waals surface area contributed by atoms with Crippen LogP contribution in [0.15, 0.2) is 0 Å². The third-order valence-electron chi connectivity index (χ3n) is 3.94. The minimum Gasteiger partial charge on any atom is -0.392 e. The van der Waals surface area contributed by atoms with Crippen LogP contribution in [0, 0.1) is 5.92 Å². The fraction of sp³-hybridized carbons (Fsp3) is 0.944. The number of hydrogen-bond acceptors (Lipinski definition) is 3. The third-order valence-corrected chi connectivity index (χ3v) is 3.94. The van der Waals surface area contributed by atoms with Crippen LogP contribution >= 0.6 is 0 Å². The van der Waals surface area contributed by atoms with Gasteiger partial charge >= 0.3 is 0 Å². The van der Waals surface area contributed by atoms with Gasteiger partial charge in [-0.05, 0) is 26.7 Å². The molecule has 2 N–H and O–H groups in total. The Bertz CT molecular complexity index is 270. The van der Waals surface area contributed by atoms with Crippen LogP contribution in [0.1, 0.15) is 79.1 Å². The van der Waals surface area contributed by atoms with Crippen LogP contribution in [0.5, 0.6) is 0 Å². The first-order valence-corrected chi connectivity index (χ1v) is 9.07. The van der Waals surface area contributed by atoms with Crippen LogP contribution in [0.25, 0.3) is 0 Å². The Morgan fingerprint density at radius 2 is 1.36 bits per heavy atom. The fourth-order valence-corrected chi connectivity index (χ4v) is 2.81. The summed E-state index contributed by atoms with van der Waals surface area (Å²) in [6, 6.07) is 0. The average molecular weight is 315 g/mol. The fourth-order valence-electron chi connectivity index (χ4n) is 2.81. The number of amides is 1. The lowest BCUT2D eigenvalue weighted by Gasteiger charge is -2.29. The molecule has 4 heteroatoms. The first-order valence-electron chi connectivity index (χ1n) is 9.07. The summed E-state index contributed by atoms with van der Waals surface area (Å²) in [5, 5.41) is 19.2. The second-order valence-corrected chi connectivity index (χ2v) is 6.63. The van der Waals surface area contributed by atoms with Crippen LogP contribution in [-0.2, 0) is 4.79 Å². The Kier molecular flexibility index (Phi) is 12.5. The number of rotatable bonds is 13. The first kappa shape index (κ1) is 21.4. The van der Waals surface area contributed by atoms with Crippen molar-refractivity contribution in [2.75, 3.05) is 13.1 Å². The van der Waals surface area contributed by atoms with Gasteiger partial charge in [-0.1, -0.05) is 52.4 Å². The zero-order valence-corrected chi connectivity index (χ0v) is 15.1. The zero-order valence-electron chi connectivity index (χ0n) is 15.1. The number of unbranched alkanes of at least 4 members (excludes halogenated alkanes) is 4. The topological polar surface area (TPSA) is 60.8 Å². The Labute approximate surface area is 136 Å². The molecule has 0 fully saturated rings. The van der Waals surface area contributed by atoms with E-state index < -0.39 is 12.2 Å². The molecule has 0 spiro atoms. The van der Waals surface area contributed by atoms with Gasteiger partial charge in [0, 0.05) is 19.0 Å². The molecule has 3 unspecified atom stereocenters. The van der Waals surface area contributed by atoms with Crippen molar-refractivity contribution in [1.82, 2.24) is 4.90 Å². The molecule has 132 valence electrons. The molecule has 4 nitrogen and oxygen atoms in total. The first-order chi connectivity index (χ1) is 10.4. The molecule has 3 atom stereocenters. The highest BCUT2D eigenvalue weighted by Gasteiger charge is 2.25. The number of nitrogens with zero attached hydrogens (tertiary/aromatic N) is 1. The SMILES string of the molecule is CCCCCCC(CCCC)C(=O)N(CC(C)O)CC(C)O. The molecule has 0 aromatic heterocycles. The number of carbonyl (C=O) groups is 1. The molecule has 0 radical (unpaired) electrons. The molecule has 0 aliphatic carbocycles. The van der Waals surface area contributed by atoms with Crippen LogP contribution in [0.2, 0.25) is 0 Å². The van der Waals surface area contributed by atoms with Crippen molar-refractivity contribution in [3.8, 4) is 0 Å². The monoisotopic (exact) mass is 315 g/mol. The highest BCUT2D eigenvalue weighted by Crippen LogP contribution is 2.20. The van der Waals surface area contributed by atoms with Crippen molar-refractivity contribution in [2.24, 2.45) is 5.92 Å². The van der Waals surface area contributed by atoms with Gasteiger partial charge in [0.1, 0.15) is 0 Å². The molecule has 0 saturated heterocycles. The van der Waals surface area contributed by atoms with E-state index in [0.29, 0.717) is 13.1 Å². The summed E-state index contributed by atoms with van der Waals surface area (Å²) >= 11 is 0. The Morgan fingerprint density at radius 1 is 0.864 bits per heavy atom. The minimum atomic E-state index is -0.561. The minimum absolute atomic E-state index is 0.0364. The predicted molar refractivity (Wildman–Crippen MR) is 91.7 cm³/mol. The normalized spacial score (nSPS) is 15.4. The van der Waals surface area contributed by atoms with Crippen molar-refractivity contribution < 1.29 is 15.0 Å². The average Bonchev–Trinajstić information content (AvgIpc) is 2.44. The second kappa shape index (κ2) is 12.9. The van der Waals surface area contributed by atoms with Crippen molar-refractivity contribution in [3.05, 3.63) is 0 Å². The molecule has 0 aromatic rings. The van der Waals surface area contributed by atoms with E-state index in [1.54, 1.807) is 18.7 Å². The number of aliphatic hydroxyl groups is 2. The van der Waals surface area contributed by atoms with Crippen molar-refractivity contribution in [1.29, 1.82) is 0 Å². The standard InChI is InChI=1S/C18H37NO3/c1-5-7-9-10-12-17(11-8-6-2)18(22)19(13-15(3)20)14-16(4)21/h15-17,20-21H,5-14H2,1-4H3. The van der Waals surface area contributed by atoms with E-state index >= 15 is 0 Å². The van der Waals surface area contributed by atoms with Gasteiger partial charge < -0.3 is 15.1 Å². The zero-order chi connectivity index (χ0) is 17.0. The maximum Gasteiger partial charge on any atom is 0.225 e. The summed E-state index contributed by atoms with van der Waals surface area (Å²) < 4.78 is 0. The molecular weight excluding hydrogens is 278 g/mol. The number of aliphatic hydroxyl groups excluding tert-OH is 2. The molecule has 0 aliphatic rings. The van der Waals surface area contributed by atoms with E-state index in [2.05, 4.69) is 13.8 Å². The van der Waals surface area contributed by atoms with Gasteiger partial charge in [-0.25, -0.2) is 0 Å². The predicted octanol–water partition coefficient (Wildman–Crippen LogP) is 3.35. The van der Waals surface area contributed by atoms with Crippen LogP contribution in [0.3, 0.4) is 0 Å². The quantitative estimate of drug-likeness (QED) is 0.512. The van der Waals surface area contributed by atoms with E-state index in [1.165, 1.54) is 19.3 Å². The third kappa shape index (κ3) is 10.2. The molecule has 0 saturated carbocycles. The second-order valence-electron chi connectivity index (χ2n) is 6.63. The van der Waals surface area contributed by atoms with Crippen LogP contribution in [-0.4, -0.2) is 46.3 Å². The van der Waals surface area contributed by atoms with Gasteiger partial charge in [0.2, 0.25) is 5.91 Å². The summed E-state index contributed by atoms with van der Waals surface area (Å²) in [7, 11) is 0. The van der Waals surface area contributed by atoms with Gasteiger partial charge in [0.05, 0.1) is 12.2 Å². The maximum atomic E-state index is 12.8. The number of carbonyl (C=O) groups excluding carboxylic acids is 1. The molecule has 0 bridgehead atoms. The van der Waals surface area contributed by atoms with Crippen molar-refractivity contribution >= 4 is 5.91 Å². The van der Waals surface area contributed by atoms with Gasteiger partial charge in [-0.3, -0.25) is 4.79 Å². The highest BCUT2D eigenvalue weighted by molar-refractivity contribution is 5.78. The summed E-state index contributed by atoms with van der Waals surface area (Å²) in [4.78, 5) is 14.4. The highest BCUT2D eigenvalue weighted by atomic mass is 16.3. The molecular formula is C18H37NO3. The summed E-state index contributed by atoms with van der Waals surface area (Å²) in [6.07, 6.45) is 7.55. The summed E-state index contributed by atoms with van der Waals surface area (Å²) in [6.45, 7) is 8.31. The largest absolute Gasteiger partial charge is 0.392 e. The van der Waals surface area contributed by atoms with Gasteiger partial charge in [-0.15, -0.1) is 0 Å². The Balaban J connectivity index is 4.68. The van der Waals surface area contributed by atoms with E-state index in [4.69, 9.17) is 0 Å². The lowest BCUT2D eigenvalue weighted by Crippen LogP contribution is -2.43. The van der Waals surface area contributed by atoms with Gasteiger partial charge in [0.25, 0.3) is 0 Å². The number of hydrogen-bond donors (Lipinski definition) is 2.